The molecule has 0 fully saturated rings. The molecule has 160 valence electrons. The van der Waals surface area contributed by atoms with Crippen molar-refractivity contribution < 1.29 is 26.3 Å². The van der Waals surface area contributed by atoms with Crippen molar-refractivity contribution in [1.29, 1.82) is 0 Å². The van der Waals surface area contributed by atoms with Crippen LogP contribution in [0, 0.1) is 0 Å². The number of amidine groups is 2. The third kappa shape index (κ3) is 4.06. The van der Waals surface area contributed by atoms with Gasteiger partial charge in [-0.3, -0.25) is 0 Å². The van der Waals surface area contributed by atoms with Crippen molar-refractivity contribution in [3.8, 4) is 0 Å². The molecular formula is C21H19F6N3. The lowest BCUT2D eigenvalue weighted by molar-refractivity contribution is -0.293. The Hall–Kier alpha value is -2.84. The highest BCUT2D eigenvalue weighted by molar-refractivity contribution is 6.10. The average Bonchev–Trinajstić information content (AvgIpc) is 2.71. The van der Waals surface area contributed by atoms with Gasteiger partial charge in [-0.05, 0) is 12.0 Å². The molecule has 3 nitrogen and oxygen atoms in total. The fourth-order valence-electron chi connectivity index (χ4n) is 3.22. The van der Waals surface area contributed by atoms with Crippen molar-refractivity contribution in [1.82, 2.24) is 4.90 Å². The second-order valence-corrected chi connectivity index (χ2v) is 6.74. The Morgan fingerprint density at radius 2 is 1.33 bits per heavy atom. The predicted molar refractivity (Wildman–Crippen MR) is 102 cm³/mol. The minimum atomic E-state index is -5.74. The molecule has 0 aromatic heterocycles. The van der Waals surface area contributed by atoms with Gasteiger partial charge >= 0.3 is 18.0 Å². The summed E-state index contributed by atoms with van der Waals surface area (Å²) in [5, 5.41) is 0. The van der Waals surface area contributed by atoms with E-state index >= 15 is 0 Å². The maximum absolute atomic E-state index is 13.7. The molecule has 2 aromatic rings. The van der Waals surface area contributed by atoms with E-state index in [1.54, 1.807) is 6.07 Å². The van der Waals surface area contributed by atoms with Gasteiger partial charge in [-0.1, -0.05) is 67.6 Å². The van der Waals surface area contributed by atoms with Crippen molar-refractivity contribution in [2.45, 2.75) is 37.8 Å². The molecule has 1 aliphatic heterocycles. The summed E-state index contributed by atoms with van der Waals surface area (Å²) in [6.07, 6.45) is -11.2. The van der Waals surface area contributed by atoms with Crippen molar-refractivity contribution in [3.05, 3.63) is 71.8 Å². The first-order valence-electron chi connectivity index (χ1n) is 9.28. The van der Waals surface area contributed by atoms with Gasteiger partial charge in [0, 0.05) is 18.5 Å². The summed E-state index contributed by atoms with van der Waals surface area (Å²) in [5.41, 5.74) is -3.48. The number of halogens is 6. The summed E-state index contributed by atoms with van der Waals surface area (Å²) in [5.74, 6) is -0.706. The highest BCUT2D eigenvalue weighted by atomic mass is 19.4. The summed E-state index contributed by atoms with van der Waals surface area (Å²) in [7, 11) is 0. The summed E-state index contributed by atoms with van der Waals surface area (Å²) in [4.78, 5) is 7.72. The summed E-state index contributed by atoms with van der Waals surface area (Å²) < 4.78 is 82.3. The zero-order valence-corrected chi connectivity index (χ0v) is 16.0. The average molecular weight is 427 g/mol. The summed E-state index contributed by atoms with van der Waals surface area (Å²) >= 11 is 0. The monoisotopic (exact) mass is 427 g/mol. The van der Waals surface area contributed by atoms with Crippen LogP contribution in [0.3, 0.4) is 0 Å². The van der Waals surface area contributed by atoms with Crippen LogP contribution >= 0.6 is 0 Å². The highest BCUT2D eigenvalue weighted by Crippen LogP contribution is 2.49. The lowest BCUT2D eigenvalue weighted by Gasteiger charge is -2.39. The van der Waals surface area contributed by atoms with E-state index in [1.807, 2.05) is 30.3 Å². The molecule has 0 saturated carbocycles. The topological polar surface area (TPSA) is 28.0 Å². The Morgan fingerprint density at radius 1 is 0.800 bits per heavy atom. The minimum absolute atomic E-state index is 0.117. The van der Waals surface area contributed by atoms with Gasteiger partial charge in [0.2, 0.25) is 0 Å². The van der Waals surface area contributed by atoms with E-state index in [2.05, 4.69) is 9.98 Å². The Bertz CT molecular complexity index is 903. The number of hydrogen-bond donors (Lipinski definition) is 0. The number of rotatable bonds is 5. The molecule has 0 N–H and O–H groups in total. The SMILES string of the molecule is CCC1=NC(C(F)(F)F)(C(F)(F)F)N=C(c2ccccc2)N1CCc1ccccc1. The molecule has 0 spiro atoms. The van der Waals surface area contributed by atoms with Crippen LogP contribution in [0.4, 0.5) is 26.3 Å². The van der Waals surface area contributed by atoms with E-state index in [-0.39, 0.29) is 24.4 Å². The van der Waals surface area contributed by atoms with Crippen LogP contribution in [-0.2, 0) is 6.42 Å². The summed E-state index contributed by atoms with van der Waals surface area (Å²) in [6.45, 7) is 1.61. The molecule has 0 aliphatic carbocycles. The first-order chi connectivity index (χ1) is 14.1. The molecule has 30 heavy (non-hydrogen) atoms. The largest absolute Gasteiger partial charge is 0.443 e. The Morgan fingerprint density at radius 3 is 1.83 bits per heavy atom. The van der Waals surface area contributed by atoms with Crippen LogP contribution in [-0.4, -0.2) is 41.1 Å². The van der Waals surface area contributed by atoms with Gasteiger partial charge in [-0.2, -0.15) is 26.3 Å². The van der Waals surface area contributed by atoms with Crippen molar-refractivity contribution >= 4 is 11.7 Å². The number of aliphatic imine (C=N–C) groups is 2. The fourth-order valence-corrected chi connectivity index (χ4v) is 3.22. The maximum atomic E-state index is 13.7. The standard InChI is InChI=1S/C21H19F6N3/c1-2-17-28-19(20(22,23)24,21(25,26)27)29-18(16-11-7-4-8-12-16)30(17)14-13-15-9-5-3-6-10-15/h3-12H,2,13-14H2,1H3. The number of alkyl halides is 6. The quantitative estimate of drug-likeness (QED) is 0.569. The van der Waals surface area contributed by atoms with Crippen molar-refractivity contribution in [2.24, 2.45) is 9.98 Å². The highest BCUT2D eigenvalue weighted by Gasteiger charge is 2.73. The van der Waals surface area contributed by atoms with E-state index in [9.17, 15) is 26.3 Å². The molecule has 1 heterocycles. The van der Waals surface area contributed by atoms with Crippen LogP contribution in [0.2, 0.25) is 0 Å². The third-order valence-corrected chi connectivity index (χ3v) is 4.73. The molecule has 2 aromatic carbocycles. The van der Waals surface area contributed by atoms with Crippen LogP contribution in [0.5, 0.6) is 0 Å². The maximum Gasteiger partial charge on any atom is 0.443 e. The van der Waals surface area contributed by atoms with Gasteiger partial charge in [-0.15, -0.1) is 0 Å². The van der Waals surface area contributed by atoms with E-state index in [0.29, 0.717) is 6.42 Å². The Labute approximate surface area is 169 Å². The third-order valence-electron chi connectivity index (χ3n) is 4.73. The van der Waals surface area contributed by atoms with Gasteiger partial charge in [0.25, 0.3) is 0 Å². The lowest BCUT2D eigenvalue weighted by atomic mass is 10.1. The summed E-state index contributed by atoms with van der Waals surface area (Å²) in [6, 6.07) is 16.7. The van der Waals surface area contributed by atoms with Crippen LogP contribution in [0.15, 0.2) is 70.6 Å². The van der Waals surface area contributed by atoms with Crippen LogP contribution < -0.4 is 0 Å². The zero-order chi connectivity index (χ0) is 22.0. The number of benzene rings is 2. The van der Waals surface area contributed by atoms with Crippen LogP contribution in [0.1, 0.15) is 24.5 Å². The molecular weight excluding hydrogens is 408 g/mol. The first kappa shape index (κ1) is 21.9. The van der Waals surface area contributed by atoms with Gasteiger partial charge in [0.1, 0.15) is 11.7 Å². The molecule has 0 saturated heterocycles. The second-order valence-electron chi connectivity index (χ2n) is 6.74. The van der Waals surface area contributed by atoms with Crippen LogP contribution in [0.25, 0.3) is 0 Å². The Balaban J connectivity index is 2.13. The normalized spacial score (nSPS) is 16.8. The van der Waals surface area contributed by atoms with E-state index in [4.69, 9.17) is 0 Å². The second kappa shape index (κ2) is 8.12. The molecule has 1 aliphatic rings. The molecule has 0 bridgehead atoms. The fraction of sp³-hybridized carbons (Fsp3) is 0.333. The van der Waals surface area contributed by atoms with Gasteiger partial charge in [-0.25, -0.2) is 9.98 Å². The first-order valence-corrected chi connectivity index (χ1v) is 9.28. The predicted octanol–water partition coefficient (Wildman–Crippen LogP) is 5.62. The van der Waals surface area contributed by atoms with Crippen molar-refractivity contribution in [2.75, 3.05) is 6.54 Å². The van der Waals surface area contributed by atoms with E-state index in [1.165, 1.54) is 36.1 Å². The lowest BCUT2D eigenvalue weighted by Crippen LogP contribution is -2.59. The van der Waals surface area contributed by atoms with E-state index in [0.717, 1.165) is 5.56 Å². The molecule has 0 radical (unpaired) electrons. The zero-order valence-electron chi connectivity index (χ0n) is 16.0. The van der Waals surface area contributed by atoms with Crippen molar-refractivity contribution in [3.63, 3.8) is 0 Å². The van der Waals surface area contributed by atoms with Gasteiger partial charge in [0.15, 0.2) is 0 Å². The molecule has 0 amide bonds. The van der Waals surface area contributed by atoms with Gasteiger partial charge in [0.05, 0.1) is 0 Å². The molecule has 0 atom stereocenters. The van der Waals surface area contributed by atoms with Gasteiger partial charge < -0.3 is 4.90 Å². The molecule has 0 unspecified atom stereocenters. The number of hydrogen-bond acceptors (Lipinski definition) is 3. The molecule has 9 heteroatoms. The minimum Gasteiger partial charge on any atom is -0.314 e. The van der Waals surface area contributed by atoms with E-state index < -0.39 is 23.9 Å². The number of nitrogens with zero attached hydrogens (tertiary/aromatic N) is 3. The Kier molecular flexibility index (Phi) is 5.92. The smallest absolute Gasteiger partial charge is 0.314 e. The molecule has 3 rings (SSSR count).